The van der Waals surface area contributed by atoms with Gasteiger partial charge in [0, 0.05) is 5.30 Å². The first-order chi connectivity index (χ1) is 8.68. The second-order valence-corrected chi connectivity index (χ2v) is 6.13. The molecule has 0 aliphatic carbocycles. The minimum atomic E-state index is -1.99. The minimum absolute atomic E-state index is 0.0803. The second kappa shape index (κ2) is 5.88. The first kappa shape index (κ1) is 12.9. The summed E-state index contributed by atoms with van der Waals surface area (Å²) in [5.74, 6) is 0.722. The average Bonchev–Trinajstić information content (AvgIpc) is 2.39. The lowest BCUT2D eigenvalue weighted by atomic mass is 10.3. The van der Waals surface area contributed by atoms with Crippen LogP contribution in [0.2, 0.25) is 0 Å². The van der Waals surface area contributed by atoms with Crippen LogP contribution >= 0.6 is 7.80 Å². The monoisotopic (exact) mass is 260 g/mol. The second-order valence-electron chi connectivity index (χ2n) is 4.36. The molecule has 1 atom stereocenters. The van der Waals surface area contributed by atoms with Crippen molar-refractivity contribution in [1.82, 2.24) is 0 Å². The van der Waals surface area contributed by atoms with E-state index in [1.54, 1.807) is 0 Å². The Balaban J connectivity index is 2.36. The fourth-order valence-corrected chi connectivity index (χ4v) is 3.18. The largest absolute Gasteiger partial charge is 0.490 e. The van der Waals surface area contributed by atoms with Gasteiger partial charge >= 0.3 is 0 Å². The molecular weight excluding hydrogens is 243 g/mol. The molecule has 0 amide bonds. The Labute approximate surface area is 108 Å². The number of hydrogen-bond donors (Lipinski definition) is 0. The summed E-state index contributed by atoms with van der Waals surface area (Å²) in [6, 6.07) is 17.1. The van der Waals surface area contributed by atoms with Gasteiger partial charge in [0.25, 0.3) is 0 Å². The summed E-state index contributed by atoms with van der Waals surface area (Å²) in [4.78, 5) is 0. The smallest absolute Gasteiger partial charge is 0.135 e. The van der Waals surface area contributed by atoms with Gasteiger partial charge in [0.1, 0.15) is 13.6 Å². The van der Waals surface area contributed by atoms with Crippen molar-refractivity contribution in [3.05, 3.63) is 54.6 Å². The van der Waals surface area contributed by atoms with Gasteiger partial charge in [-0.2, -0.15) is 0 Å². The van der Waals surface area contributed by atoms with E-state index in [0.717, 1.165) is 16.4 Å². The van der Waals surface area contributed by atoms with E-state index in [2.05, 4.69) is 0 Å². The van der Waals surface area contributed by atoms with Crippen molar-refractivity contribution in [2.45, 2.75) is 20.0 Å². The van der Waals surface area contributed by atoms with E-state index in [9.17, 15) is 4.57 Å². The molecule has 0 N–H and O–H groups in total. The van der Waals surface area contributed by atoms with Crippen LogP contribution in [0.4, 0.5) is 0 Å². The van der Waals surface area contributed by atoms with E-state index in [-0.39, 0.29) is 6.10 Å². The highest BCUT2D eigenvalue weighted by atomic mass is 31.1. The summed E-state index contributed by atoms with van der Waals surface area (Å²) in [5.41, 5.74) is 0. The molecule has 2 aromatic carbocycles. The normalized spacial score (nSPS) is 12.4. The molecule has 0 bridgehead atoms. The van der Waals surface area contributed by atoms with Gasteiger partial charge in [0.05, 0.1) is 11.4 Å². The number of ether oxygens (including phenoxy) is 1. The Bertz CT molecular complexity index is 535. The van der Waals surface area contributed by atoms with Gasteiger partial charge in [0.15, 0.2) is 0 Å². The molecule has 0 fully saturated rings. The van der Waals surface area contributed by atoms with E-state index in [4.69, 9.17) is 4.74 Å². The topological polar surface area (TPSA) is 26.3 Å². The van der Waals surface area contributed by atoms with Crippen LogP contribution in [0.25, 0.3) is 0 Å². The lowest BCUT2D eigenvalue weighted by Gasteiger charge is -2.14. The van der Waals surface area contributed by atoms with Gasteiger partial charge in [-0.25, -0.2) is 0 Å². The molecule has 0 aromatic heterocycles. The molecule has 2 nitrogen and oxygen atoms in total. The standard InChI is InChI=1S/C15H17O2P/c1-12(2)17-14-10-6-7-11-15(14)18(16)13-8-4-3-5-9-13/h3-12,18H,1-2H3. The predicted octanol–water partition coefficient (Wildman–Crippen LogP) is 2.98. The maximum absolute atomic E-state index is 12.6. The molecule has 18 heavy (non-hydrogen) atoms. The average molecular weight is 260 g/mol. The van der Waals surface area contributed by atoms with E-state index >= 15 is 0 Å². The Morgan fingerprint density at radius 1 is 0.944 bits per heavy atom. The molecule has 0 saturated carbocycles. The number of hydrogen-bond acceptors (Lipinski definition) is 2. The molecule has 0 aliphatic rings. The molecule has 0 spiro atoms. The molecular formula is C15H17O2P. The molecule has 3 heteroatoms. The molecule has 94 valence electrons. The minimum Gasteiger partial charge on any atom is -0.490 e. The first-order valence-corrected chi connectivity index (χ1v) is 7.44. The van der Waals surface area contributed by atoms with Gasteiger partial charge in [-0.15, -0.1) is 0 Å². The highest BCUT2D eigenvalue weighted by molar-refractivity contribution is 7.61. The van der Waals surface area contributed by atoms with Crippen LogP contribution in [0, 0.1) is 0 Å². The van der Waals surface area contributed by atoms with Crippen molar-refractivity contribution in [2.75, 3.05) is 0 Å². The molecule has 0 saturated heterocycles. The number of para-hydroxylation sites is 1. The third-order valence-electron chi connectivity index (χ3n) is 2.53. The maximum atomic E-state index is 12.6. The lowest BCUT2D eigenvalue weighted by molar-refractivity contribution is 0.244. The Hall–Kier alpha value is -1.53. The summed E-state index contributed by atoms with van der Waals surface area (Å²) in [6.07, 6.45) is 0.0803. The number of rotatable bonds is 4. The van der Waals surface area contributed by atoms with Crippen molar-refractivity contribution in [1.29, 1.82) is 0 Å². The van der Waals surface area contributed by atoms with Crippen LogP contribution in [-0.4, -0.2) is 6.10 Å². The predicted molar refractivity (Wildman–Crippen MR) is 76.9 cm³/mol. The molecule has 0 heterocycles. The first-order valence-electron chi connectivity index (χ1n) is 6.04. The zero-order valence-corrected chi connectivity index (χ0v) is 11.6. The van der Waals surface area contributed by atoms with E-state index in [1.165, 1.54) is 0 Å². The molecule has 1 unspecified atom stereocenters. The summed E-state index contributed by atoms with van der Waals surface area (Å²) in [6.45, 7) is 3.94. The SMILES string of the molecule is CC(C)Oc1ccccc1[PH](=O)c1ccccc1. The highest BCUT2D eigenvalue weighted by Gasteiger charge is 2.12. The third-order valence-corrected chi connectivity index (χ3v) is 4.29. The van der Waals surface area contributed by atoms with Crippen LogP contribution < -0.4 is 15.3 Å². The van der Waals surface area contributed by atoms with E-state index in [0.29, 0.717) is 0 Å². The fourth-order valence-electron chi connectivity index (χ4n) is 1.76. The van der Waals surface area contributed by atoms with Crippen molar-refractivity contribution in [3.63, 3.8) is 0 Å². The molecule has 2 rings (SSSR count). The van der Waals surface area contributed by atoms with Crippen LogP contribution in [0.3, 0.4) is 0 Å². The Kier molecular flexibility index (Phi) is 4.22. The summed E-state index contributed by atoms with van der Waals surface area (Å²) >= 11 is 0. The zero-order chi connectivity index (χ0) is 13.0. The maximum Gasteiger partial charge on any atom is 0.135 e. The van der Waals surface area contributed by atoms with Crippen LogP contribution in [0.5, 0.6) is 5.75 Å². The van der Waals surface area contributed by atoms with Gasteiger partial charge < -0.3 is 9.30 Å². The summed E-state index contributed by atoms with van der Waals surface area (Å²) < 4.78 is 18.3. The van der Waals surface area contributed by atoms with Gasteiger partial charge in [0.2, 0.25) is 0 Å². The van der Waals surface area contributed by atoms with Gasteiger partial charge in [-0.05, 0) is 26.0 Å². The van der Waals surface area contributed by atoms with E-state index < -0.39 is 7.80 Å². The van der Waals surface area contributed by atoms with Crippen molar-refractivity contribution < 1.29 is 9.30 Å². The quantitative estimate of drug-likeness (QED) is 0.790. The fraction of sp³-hybridized carbons (Fsp3) is 0.200. The van der Waals surface area contributed by atoms with Crippen LogP contribution in [-0.2, 0) is 4.57 Å². The molecule has 2 aromatic rings. The zero-order valence-electron chi connectivity index (χ0n) is 10.6. The molecule has 0 radical (unpaired) electrons. The Morgan fingerprint density at radius 2 is 1.56 bits per heavy atom. The highest BCUT2D eigenvalue weighted by Crippen LogP contribution is 2.25. The summed E-state index contributed by atoms with van der Waals surface area (Å²) in [5, 5.41) is 1.66. The van der Waals surface area contributed by atoms with Crippen LogP contribution in [0.1, 0.15) is 13.8 Å². The molecule has 0 aliphatic heterocycles. The van der Waals surface area contributed by atoms with E-state index in [1.807, 2.05) is 68.4 Å². The van der Waals surface area contributed by atoms with Crippen molar-refractivity contribution >= 4 is 18.4 Å². The summed E-state index contributed by atoms with van der Waals surface area (Å²) in [7, 11) is -1.99. The Morgan fingerprint density at radius 3 is 2.22 bits per heavy atom. The van der Waals surface area contributed by atoms with Gasteiger partial charge in [-0.3, -0.25) is 0 Å². The van der Waals surface area contributed by atoms with Crippen LogP contribution in [0.15, 0.2) is 54.6 Å². The van der Waals surface area contributed by atoms with Gasteiger partial charge in [-0.1, -0.05) is 42.5 Å². The van der Waals surface area contributed by atoms with Crippen molar-refractivity contribution in [3.8, 4) is 5.75 Å². The lowest BCUT2D eigenvalue weighted by Crippen LogP contribution is -2.14. The number of benzene rings is 2. The van der Waals surface area contributed by atoms with Crippen molar-refractivity contribution in [2.24, 2.45) is 0 Å². The third kappa shape index (κ3) is 3.02.